The van der Waals surface area contributed by atoms with Crippen molar-refractivity contribution in [1.82, 2.24) is 5.32 Å². The Hall–Kier alpha value is -2.60. The van der Waals surface area contributed by atoms with E-state index >= 15 is 0 Å². The van der Waals surface area contributed by atoms with Gasteiger partial charge in [0.2, 0.25) is 0 Å². The molecule has 6 nitrogen and oxygen atoms in total. The summed E-state index contributed by atoms with van der Waals surface area (Å²) in [5.41, 5.74) is 0.382. The molecule has 1 heterocycles. The first-order valence-corrected chi connectivity index (χ1v) is 8.67. The van der Waals surface area contributed by atoms with Gasteiger partial charge in [0.15, 0.2) is 23.0 Å². The molecular weight excluding hydrogens is 358 g/mol. The molecule has 26 heavy (non-hydrogen) atoms. The third-order valence-electron chi connectivity index (χ3n) is 3.84. The Labute approximate surface area is 157 Å². The maximum Gasteiger partial charge on any atom is 0.251 e. The largest absolute Gasteiger partial charge is 0.493 e. The van der Waals surface area contributed by atoms with Crippen molar-refractivity contribution in [2.75, 3.05) is 26.9 Å². The highest BCUT2D eigenvalue weighted by Gasteiger charge is 2.22. The normalized spacial score (nSPS) is 15.3. The topological polar surface area (TPSA) is 66.0 Å². The lowest BCUT2D eigenvalue weighted by Gasteiger charge is -2.26. The Morgan fingerprint density at radius 3 is 2.81 bits per heavy atom. The van der Waals surface area contributed by atoms with Crippen LogP contribution in [0.25, 0.3) is 0 Å². The van der Waals surface area contributed by atoms with Crippen LogP contribution in [0.4, 0.5) is 0 Å². The van der Waals surface area contributed by atoms with Crippen LogP contribution in [0.3, 0.4) is 0 Å². The van der Waals surface area contributed by atoms with Crippen LogP contribution in [-0.2, 0) is 0 Å². The summed E-state index contributed by atoms with van der Waals surface area (Å²) in [6.45, 7) is 2.97. The standard InChI is InChI=1S/C19H20ClNO5/c1-3-24-18-14(20)8-12(9-17(18)23-2)19(22)21-10-13-11-25-15-6-4-5-7-16(15)26-13/h4-9,13H,3,10-11H2,1-2H3,(H,21,22)/t13-/m0/s1. The van der Waals surface area contributed by atoms with E-state index in [4.69, 9.17) is 30.5 Å². The molecule has 2 aromatic carbocycles. The van der Waals surface area contributed by atoms with E-state index in [0.29, 0.717) is 53.3 Å². The first-order valence-electron chi connectivity index (χ1n) is 8.29. The van der Waals surface area contributed by atoms with Gasteiger partial charge in [0.05, 0.1) is 25.3 Å². The molecule has 0 bridgehead atoms. The SMILES string of the molecule is CCOc1c(Cl)cc(C(=O)NC[C@H]2COc3ccccc3O2)cc1OC. The van der Waals surface area contributed by atoms with Gasteiger partial charge in [-0.2, -0.15) is 0 Å². The van der Waals surface area contributed by atoms with Crippen molar-refractivity contribution < 1.29 is 23.7 Å². The Balaban J connectivity index is 1.65. The van der Waals surface area contributed by atoms with Crippen LogP contribution in [0.15, 0.2) is 36.4 Å². The molecule has 0 aliphatic carbocycles. The predicted molar refractivity (Wildman–Crippen MR) is 97.9 cm³/mol. The lowest BCUT2D eigenvalue weighted by atomic mass is 10.1. The van der Waals surface area contributed by atoms with Crippen LogP contribution in [0.2, 0.25) is 5.02 Å². The highest BCUT2D eigenvalue weighted by Crippen LogP contribution is 2.36. The van der Waals surface area contributed by atoms with E-state index < -0.39 is 0 Å². The van der Waals surface area contributed by atoms with E-state index in [1.165, 1.54) is 7.11 Å². The quantitative estimate of drug-likeness (QED) is 0.836. The van der Waals surface area contributed by atoms with Crippen LogP contribution >= 0.6 is 11.6 Å². The number of nitrogens with one attached hydrogen (secondary N) is 1. The number of para-hydroxylation sites is 2. The molecule has 1 aliphatic heterocycles. The van der Waals surface area contributed by atoms with Gasteiger partial charge in [-0.05, 0) is 31.2 Å². The second kappa shape index (κ2) is 8.19. The average molecular weight is 378 g/mol. The molecule has 0 aromatic heterocycles. The minimum Gasteiger partial charge on any atom is -0.493 e. The first kappa shape index (κ1) is 18.2. The van der Waals surface area contributed by atoms with Crippen molar-refractivity contribution in [3.63, 3.8) is 0 Å². The highest BCUT2D eigenvalue weighted by molar-refractivity contribution is 6.32. The maximum absolute atomic E-state index is 12.5. The molecule has 1 atom stereocenters. The van der Waals surface area contributed by atoms with E-state index in [1.54, 1.807) is 12.1 Å². The first-order chi connectivity index (χ1) is 12.6. The minimum absolute atomic E-state index is 0.270. The predicted octanol–water partition coefficient (Wildman–Crippen LogP) is 3.32. The molecule has 7 heteroatoms. The monoisotopic (exact) mass is 377 g/mol. The Bertz CT molecular complexity index is 795. The summed E-state index contributed by atoms with van der Waals surface area (Å²) in [4.78, 5) is 12.5. The average Bonchev–Trinajstić information content (AvgIpc) is 2.67. The van der Waals surface area contributed by atoms with Crippen LogP contribution in [-0.4, -0.2) is 38.9 Å². The summed E-state index contributed by atoms with van der Waals surface area (Å²) < 4.78 is 22.2. The van der Waals surface area contributed by atoms with Gasteiger partial charge in [-0.1, -0.05) is 23.7 Å². The fourth-order valence-corrected chi connectivity index (χ4v) is 2.87. The molecule has 0 unspecified atom stereocenters. The molecule has 1 amide bonds. The zero-order valence-electron chi connectivity index (χ0n) is 14.6. The Morgan fingerprint density at radius 1 is 1.31 bits per heavy atom. The summed E-state index contributed by atoms with van der Waals surface area (Å²) >= 11 is 6.21. The van der Waals surface area contributed by atoms with Crippen molar-refractivity contribution in [3.8, 4) is 23.0 Å². The smallest absolute Gasteiger partial charge is 0.251 e. The molecule has 138 valence electrons. The number of halogens is 1. The summed E-state index contributed by atoms with van der Waals surface area (Å²) in [5, 5.41) is 3.15. The zero-order valence-corrected chi connectivity index (χ0v) is 15.3. The molecule has 3 rings (SSSR count). The van der Waals surface area contributed by atoms with E-state index in [-0.39, 0.29) is 12.0 Å². The molecular formula is C19H20ClNO5. The molecule has 0 radical (unpaired) electrons. The second-order valence-electron chi connectivity index (χ2n) is 5.63. The van der Waals surface area contributed by atoms with Gasteiger partial charge in [0.25, 0.3) is 5.91 Å². The van der Waals surface area contributed by atoms with Gasteiger partial charge in [0.1, 0.15) is 12.7 Å². The number of amides is 1. The van der Waals surface area contributed by atoms with E-state index in [0.717, 1.165) is 0 Å². The fraction of sp³-hybridized carbons (Fsp3) is 0.316. The third-order valence-corrected chi connectivity index (χ3v) is 4.12. The molecule has 2 aromatic rings. The number of methoxy groups -OCH3 is 1. The lowest BCUT2D eigenvalue weighted by molar-refractivity contribution is 0.0789. The number of carbonyl (C=O) groups is 1. The summed E-state index contributed by atoms with van der Waals surface area (Å²) in [6, 6.07) is 10.6. The van der Waals surface area contributed by atoms with Crippen LogP contribution in [0, 0.1) is 0 Å². The number of hydrogen-bond donors (Lipinski definition) is 1. The Morgan fingerprint density at radius 2 is 2.08 bits per heavy atom. The summed E-state index contributed by atoms with van der Waals surface area (Å²) in [5.74, 6) is 1.93. The zero-order chi connectivity index (χ0) is 18.5. The molecule has 0 fully saturated rings. The van der Waals surface area contributed by atoms with E-state index in [1.807, 2.05) is 31.2 Å². The maximum atomic E-state index is 12.5. The van der Waals surface area contributed by atoms with Crippen LogP contribution < -0.4 is 24.3 Å². The number of rotatable bonds is 6. The van der Waals surface area contributed by atoms with Crippen molar-refractivity contribution in [2.24, 2.45) is 0 Å². The third kappa shape index (κ3) is 3.96. The molecule has 1 aliphatic rings. The van der Waals surface area contributed by atoms with Gasteiger partial charge in [-0.25, -0.2) is 0 Å². The van der Waals surface area contributed by atoms with Crippen molar-refractivity contribution in [2.45, 2.75) is 13.0 Å². The molecule has 0 spiro atoms. The Kier molecular flexibility index (Phi) is 5.73. The lowest BCUT2D eigenvalue weighted by Crippen LogP contribution is -2.40. The van der Waals surface area contributed by atoms with Gasteiger partial charge in [-0.15, -0.1) is 0 Å². The number of hydrogen-bond acceptors (Lipinski definition) is 5. The second-order valence-corrected chi connectivity index (χ2v) is 6.04. The van der Waals surface area contributed by atoms with Crippen molar-refractivity contribution in [1.29, 1.82) is 0 Å². The number of fused-ring (bicyclic) bond motifs is 1. The number of carbonyl (C=O) groups excluding carboxylic acids is 1. The van der Waals surface area contributed by atoms with Crippen LogP contribution in [0.5, 0.6) is 23.0 Å². The molecule has 0 saturated heterocycles. The summed E-state index contributed by atoms with van der Waals surface area (Å²) in [6.07, 6.45) is -0.270. The van der Waals surface area contributed by atoms with Gasteiger partial charge < -0.3 is 24.3 Å². The highest BCUT2D eigenvalue weighted by atomic mass is 35.5. The van der Waals surface area contributed by atoms with E-state index in [9.17, 15) is 4.79 Å². The number of ether oxygens (including phenoxy) is 4. The minimum atomic E-state index is -0.282. The molecule has 0 saturated carbocycles. The fourth-order valence-electron chi connectivity index (χ4n) is 2.61. The van der Waals surface area contributed by atoms with Gasteiger partial charge >= 0.3 is 0 Å². The van der Waals surface area contributed by atoms with Gasteiger partial charge in [0, 0.05) is 5.56 Å². The van der Waals surface area contributed by atoms with E-state index in [2.05, 4.69) is 5.32 Å². The van der Waals surface area contributed by atoms with Crippen molar-refractivity contribution in [3.05, 3.63) is 47.0 Å². The molecule has 1 N–H and O–H groups in total. The van der Waals surface area contributed by atoms with Gasteiger partial charge in [-0.3, -0.25) is 4.79 Å². The summed E-state index contributed by atoms with van der Waals surface area (Å²) in [7, 11) is 1.50. The van der Waals surface area contributed by atoms with Crippen LogP contribution in [0.1, 0.15) is 17.3 Å². The number of benzene rings is 2. The van der Waals surface area contributed by atoms with Crippen molar-refractivity contribution >= 4 is 17.5 Å².